The summed E-state index contributed by atoms with van der Waals surface area (Å²) in [4.78, 5) is 0. The number of hydrogen-bond donors (Lipinski definition) is 0. The van der Waals surface area contributed by atoms with E-state index >= 15 is 4.39 Å². The van der Waals surface area contributed by atoms with Crippen molar-refractivity contribution in [2.24, 2.45) is 11.8 Å². The maximum atomic E-state index is 15.0. The Hall–Kier alpha value is -0.890. The maximum absolute atomic E-state index is 15.0. The van der Waals surface area contributed by atoms with Crippen LogP contribution in [0.5, 0.6) is 0 Å². The molecule has 2 heteroatoms. The predicted octanol–water partition coefficient (Wildman–Crippen LogP) is 6.70. The number of benzene rings is 1. The first kappa shape index (κ1) is 17.9. The van der Waals surface area contributed by atoms with Gasteiger partial charge >= 0.3 is 0 Å². The lowest BCUT2D eigenvalue weighted by Gasteiger charge is -2.31. The average molecular weight is 333 g/mol. The van der Waals surface area contributed by atoms with Crippen LogP contribution in [-0.4, -0.2) is 6.61 Å². The zero-order valence-corrected chi connectivity index (χ0v) is 15.6. The monoisotopic (exact) mass is 332 g/mol. The summed E-state index contributed by atoms with van der Waals surface area (Å²) in [5.41, 5.74) is 2.89. The molecular formula is C22H33FO. The highest BCUT2D eigenvalue weighted by Gasteiger charge is 2.27. The Morgan fingerprint density at radius 3 is 2.38 bits per heavy atom. The lowest BCUT2D eigenvalue weighted by Crippen LogP contribution is -2.22. The number of halogens is 1. The smallest absolute Gasteiger partial charge is 0.132 e. The first-order valence-electron chi connectivity index (χ1n) is 10.0. The molecule has 0 amide bonds. The van der Waals surface area contributed by atoms with Gasteiger partial charge in [0, 0.05) is 5.56 Å². The molecule has 134 valence electrons. The Morgan fingerprint density at radius 2 is 1.75 bits per heavy atom. The molecule has 1 aromatic rings. The zero-order valence-electron chi connectivity index (χ0n) is 15.6. The van der Waals surface area contributed by atoms with Gasteiger partial charge in [0.25, 0.3) is 0 Å². The minimum absolute atomic E-state index is 0.00920. The fourth-order valence-corrected chi connectivity index (χ4v) is 4.67. The molecule has 1 heterocycles. The molecule has 3 rings (SSSR count). The molecule has 2 atom stereocenters. The van der Waals surface area contributed by atoms with Crippen LogP contribution in [0.3, 0.4) is 0 Å². The minimum Gasteiger partial charge on any atom is -0.373 e. The third-order valence-corrected chi connectivity index (χ3v) is 6.33. The van der Waals surface area contributed by atoms with Crippen LogP contribution in [0.2, 0.25) is 0 Å². The summed E-state index contributed by atoms with van der Waals surface area (Å²) in [5.74, 6) is 2.03. The molecule has 0 N–H and O–H groups in total. The second-order valence-corrected chi connectivity index (χ2v) is 8.19. The lowest BCUT2D eigenvalue weighted by molar-refractivity contribution is -0.0212. The lowest BCUT2D eigenvalue weighted by atomic mass is 9.77. The van der Waals surface area contributed by atoms with E-state index in [0.29, 0.717) is 11.8 Å². The predicted molar refractivity (Wildman–Crippen MR) is 97.8 cm³/mol. The fourth-order valence-electron chi connectivity index (χ4n) is 4.67. The van der Waals surface area contributed by atoms with Crippen molar-refractivity contribution < 1.29 is 9.13 Å². The molecule has 0 bridgehead atoms. The zero-order chi connectivity index (χ0) is 17.1. The Bertz CT molecular complexity index is 537. The second kappa shape index (κ2) is 7.99. The van der Waals surface area contributed by atoms with E-state index in [0.717, 1.165) is 30.1 Å². The van der Waals surface area contributed by atoms with E-state index in [2.05, 4.69) is 19.9 Å². The molecule has 2 fully saturated rings. The normalized spacial score (nSPS) is 31.2. The van der Waals surface area contributed by atoms with Gasteiger partial charge in [-0.1, -0.05) is 45.2 Å². The standard InChI is InChI=1S/C22H33FO/c1-4-5-17-8-13-21(24-14-17)20-12-11-19(16(3)22(20)23)18-9-6-15(2)7-10-18/h11-12,15,17-18,21H,4-10,13-14H2,1-3H3. The Balaban J connectivity index is 1.71. The van der Waals surface area contributed by atoms with Gasteiger partial charge in [-0.3, -0.25) is 0 Å². The highest BCUT2D eigenvalue weighted by molar-refractivity contribution is 5.37. The van der Waals surface area contributed by atoms with Crippen molar-refractivity contribution in [2.75, 3.05) is 6.61 Å². The van der Waals surface area contributed by atoms with E-state index in [1.165, 1.54) is 50.5 Å². The summed E-state index contributed by atoms with van der Waals surface area (Å²) in [6, 6.07) is 4.20. The van der Waals surface area contributed by atoms with E-state index < -0.39 is 0 Å². The molecule has 2 aliphatic rings. The highest BCUT2D eigenvalue weighted by Crippen LogP contribution is 2.40. The van der Waals surface area contributed by atoms with E-state index in [1.807, 2.05) is 13.0 Å². The van der Waals surface area contributed by atoms with E-state index in [1.54, 1.807) is 0 Å². The van der Waals surface area contributed by atoms with Crippen LogP contribution in [0.1, 0.15) is 93.9 Å². The van der Waals surface area contributed by atoms with Crippen molar-refractivity contribution in [2.45, 2.75) is 84.2 Å². The molecule has 1 aliphatic carbocycles. The molecule has 1 nitrogen and oxygen atoms in total. The van der Waals surface area contributed by atoms with Gasteiger partial charge < -0.3 is 4.74 Å². The third kappa shape index (κ3) is 3.85. The Labute approximate surface area is 147 Å². The fraction of sp³-hybridized carbons (Fsp3) is 0.727. The van der Waals surface area contributed by atoms with Gasteiger partial charge in [0.1, 0.15) is 5.82 Å². The summed E-state index contributed by atoms with van der Waals surface area (Å²) in [5, 5.41) is 0. The van der Waals surface area contributed by atoms with Crippen molar-refractivity contribution in [1.29, 1.82) is 0 Å². The Kier molecular flexibility index (Phi) is 5.97. The van der Waals surface area contributed by atoms with Gasteiger partial charge in [-0.2, -0.15) is 0 Å². The Morgan fingerprint density at radius 1 is 1.04 bits per heavy atom. The van der Waals surface area contributed by atoms with Gasteiger partial charge in [0.15, 0.2) is 0 Å². The van der Waals surface area contributed by atoms with Crippen molar-refractivity contribution in [3.8, 4) is 0 Å². The van der Waals surface area contributed by atoms with Crippen molar-refractivity contribution in [1.82, 2.24) is 0 Å². The van der Waals surface area contributed by atoms with Crippen LogP contribution < -0.4 is 0 Å². The maximum Gasteiger partial charge on any atom is 0.132 e. The molecule has 1 saturated carbocycles. The first-order chi connectivity index (χ1) is 11.6. The van der Waals surface area contributed by atoms with Crippen molar-refractivity contribution in [3.63, 3.8) is 0 Å². The average Bonchev–Trinajstić information content (AvgIpc) is 2.59. The number of hydrogen-bond acceptors (Lipinski definition) is 1. The van der Waals surface area contributed by atoms with Crippen molar-refractivity contribution in [3.05, 3.63) is 34.6 Å². The van der Waals surface area contributed by atoms with Gasteiger partial charge in [-0.05, 0) is 67.9 Å². The number of ether oxygens (including phenoxy) is 1. The number of rotatable bonds is 4. The molecule has 0 radical (unpaired) electrons. The van der Waals surface area contributed by atoms with Crippen LogP contribution in [0.4, 0.5) is 4.39 Å². The van der Waals surface area contributed by atoms with Crippen LogP contribution in [0, 0.1) is 24.6 Å². The summed E-state index contributed by atoms with van der Waals surface area (Å²) in [7, 11) is 0. The molecular weight excluding hydrogens is 299 g/mol. The molecule has 24 heavy (non-hydrogen) atoms. The summed E-state index contributed by atoms with van der Waals surface area (Å²) < 4.78 is 21.1. The third-order valence-electron chi connectivity index (χ3n) is 6.33. The van der Waals surface area contributed by atoms with Crippen molar-refractivity contribution >= 4 is 0 Å². The highest BCUT2D eigenvalue weighted by atomic mass is 19.1. The molecule has 0 aromatic heterocycles. The quantitative estimate of drug-likeness (QED) is 0.596. The van der Waals surface area contributed by atoms with E-state index in [9.17, 15) is 0 Å². The van der Waals surface area contributed by atoms with E-state index in [-0.39, 0.29) is 11.9 Å². The van der Waals surface area contributed by atoms with Gasteiger partial charge in [0.2, 0.25) is 0 Å². The molecule has 1 aliphatic heterocycles. The van der Waals surface area contributed by atoms with Crippen LogP contribution >= 0.6 is 0 Å². The SMILES string of the molecule is CCCC1CCC(c2ccc(C3CCC(C)CC3)c(C)c2F)OC1. The largest absolute Gasteiger partial charge is 0.373 e. The van der Waals surface area contributed by atoms with Gasteiger partial charge in [-0.25, -0.2) is 4.39 Å². The molecule has 2 unspecified atom stereocenters. The minimum atomic E-state index is -0.0442. The molecule has 1 saturated heterocycles. The van der Waals surface area contributed by atoms with Crippen LogP contribution in [0.15, 0.2) is 12.1 Å². The van der Waals surface area contributed by atoms with Gasteiger partial charge in [-0.15, -0.1) is 0 Å². The van der Waals surface area contributed by atoms with Gasteiger partial charge in [0.05, 0.1) is 12.7 Å². The first-order valence-corrected chi connectivity index (χ1v) is 10.0. The topological polar surface area (TPSA) is 9.23 Å². The van der Waals surface area contributed by atoms with E-state index in [4.69, 9.17) is 4.74 Å². The summed E-state index contributed by atoms with van der Waals surface area (Å²) >= 11 is 0. The van der Waals surface area contributed by atoms with Crippen LogP contribution in [0.25, 0.3) is 0 Å². The second-order valence-electron chi connectivity index (χ2n) is 8.19. The van der Waals surface area contributed by atoms with Crippen LogP contribution in [-0.2, 0) is 4.74 Å². The molecule has 1 aromatic carbocycles. The summed E-state index contributed by atoms with van der Waals surface area (Å²) in [6.45, 7) is 7.31. The molecule has 0 spiro atoms. The summed E-state index contributed by atoms with van der Waals surface area (Å²) in [6.07, 6.45) is 9.49.